The van der Waals surface area contributed by atoms with Gasteiger partial charge in [0.2, 0.25) is 10.0 Å². The first-order valence-corrected chi connectivity index (χ1v) is 7.19. The standard InChI is InChI=1S/C11H14ClNO5S/c1-3-18-10-5-4-8(6-9(10)12)19(16,17)13(2)7-11(14)15/h4-6H,3,7H2,1-2H3,(H,14,15)/p-1. The number of hydrogen-bond acceptors (Lipinski definition) is 5. The quantitative estimate of drug-likeness (QED) is 0.744. The number of ether oxygens (including phenoxy) is 1. The number of carboxylic acid groups (broad SMARTS) is 1. The topological polar surface area (TPSA) is 86.7 Å². The molecule has 1 aromatic rings. The van der Waals surface area contributed by atoms with Crippen molar-refractivity contribution in [1.82, 2.24) is 4.31 Å². The first-order valence-electron chi connectivity index (χ1n) is 5.37. The van der Waals surface area contributed by atoms with Crippen molar-refractivity contribution in [2.45, 2.75) is 11.8 Å². The maximum atomic E-state index is 12.0. The van der Waals surface area contributed by atoms with Gasteiger partial charge in [-0.15, -0.1) is 0 Å². The van der Waals surface area contributed by atoms with E-state index in [9.17, 15) is 18.3 Å². The highest BCUT2D eigenvalue weighted by Crippen LogP contribution is 2.28. The van der Waals surface area contributed by atoms with E-state index in [1.807, 2.05) is 0 Å². The van der Waals surface area contributed by atoms with Crippen LogP contribution < -0.4 is 9.84 Å². The molecule has 0 aliphatic heterocycles. The van der Waals surface area contributed by atoms with Crippen molar-refractivity contribution in [3.05, 3.63) is 23.2 Å². The third-order valence-corrected chi connectivity index (χ3v) is 4.36. The molecule has 0 saturated heterocycles. The lowest BCUT2D eigenvalue weighted by molar-refractivity contribution is -0.305. The Morgan fingerprint density at radius 2 is 2.11 bits per heavy atom. The summed E-state index contributed by atoms with van der Waals surface area (Å²) in [6.45, 7) is 1.44. The number of rotatable bonds is 6. The minimum absolute atomic E-state index is 0.107. The molecule has 0 fully saturated rings. The highest BCUT2D eigenvalue weighted by Gasteiger charge is 2.21. The molecule has 0 radical (unpaired) electrons. The molecule has 8 heteroatoms. The Morgan fingerprint density at radius 1 is 1.47 bits per heavy atom. The molecule has 0 unspecified atom stereocenters. The smallest absolute Gasteiger partial charge is 0.243 e. The van der Waals surface area contributed by atoms with Gasteiger partial charge in [0.1, 0.15) is 5.75 Å². The molecule has 1 rings (SSSR count). The number of halogens is 1. The average Bonchev–Trinajstić information content (AvgIpc) is 2.31. The molecule has 0 amide bonds. The number of aliphatic carboxylic acids is 1. The molecule has 0 saturated carbocycles. The highest BCUT2D eigenvalue weighted by molar-refractivity contribution is 7.89. The van der Waals surface area contributed by atoms with E-state index in [2.05, 4.69) is 0 Å². The van der Waals surface area contributed by atoms with Gasteiger partial charge in [0, 0.05) is 7.05 Å². The average molecular weight is 307 g/mol. The third kappa shape index (κ3) is 3.82. The van der Waals surface area contributed by atoms with E-state index in [0.717, 1.165) is 7.05 Å². The van der Waals surface area contributed by atoms with Crippen molar-refractivity contribution in [3.8, 4) is 5.75 Å². The fraction of sp³-hybridized carbons (Fsp3) is 0.364. The normalized spacial score (nSPS) is 11.6. The number of carbonyl (C=O) groups is 1. The molecule has 0 aliphatic rings. The van der Waals surface area contributed by atoms with E-state index >= 15 is 0 Å². The fourth-order valence-corrected chi connectivity index (χ4v) is 2.80. The van der Waals surface area contributed by atoms with Crippen LogP contribution in [0.1, 0.15) is 6.92 Å². The Bertz CT molecular complexity index is 572. The van der Waals surface area contributed by atoms with E-state index in [1.54, 1.807) is 6.92 Å². The molecule has 106 valence electrons. The lowest BCUT2D eigenvalue weighted by atomic mass is 10.3. The molecule has 1 aromatic carbocycles. The second-order valence-corrected chi connectivity index (χ2v) is 6.11. The number of nitrogens with zero attached hydrogens (tertiary/aromatic N) is 1. The fourth-order valence-electron chi connectivity index (χ4n) is 1.36. The molecule has 0 bridgehead atoms. The van der Waals surface area contributed by atoms with Gasteiger partial charge in [-0.1, -0.05) is 11.6 Å². The van der Waals surface area contributed by atoms with Crippen LogP contribution in [0.15, 0.2) is 23.1 Å². The van der Waals surface area contributed by atoms with Gasteiger partial charge in [0.05, 0.1) is 29.0 Å². The summed E-state index contributed by atoms with van der Waals surface area (Å²) in [7, 11) is -2.77. The largest absolute Gasteiger partial charge is 0.549 e. The van der Waals surface area contributed by atoms with E-state index in [-0.39, 0.29) is 9.92 Å². The number of benzene rings is 1. The molecular formula is C11H13ClNO5S-. The zero-order valence-electron chi connectivity index (χ0n) is 10.4. The predicted molar refractivity (Wildman–Crippen MR) is 67.4 cm³/mol. The Hall–Kier alpha value is -1.31. The first-order chi connectivity index (χ1) is 8.78. The minimum Gasteiger partial charge on any atom is -0.549 e. The van der Waals surface area contributed by atoms with E-state index < -0.39 is 22.5 Å². The minimum atomic E-state index is -3.92. The van der Waals surface area contributed by atoms with Crippen LogP contribution in [-0.4, -0.2) is 38.9 Å². The summed E-state index contributed by atoms with van der Waals surface area (Å²) >= 11 is 5.89. The van der Waals surface area contributed by atoms with Crippen LogP contribution in [-0.2, 0) is 14.8 Å². The monoisotopic (exact) mass is 306 g/mol. The van der Waals surface area contributed by atoms with Crippen LogP contribution in [0, 0.1) is 0 Å². The van der Waals surface area contributed by atoms with Crippen molar-refractivity contribution < 1.29 is 23.1 Å². The van der Waals surface area contributed by atoms with Crippen LogP contribution in [0.3, 0.4) is 0 Å². The molecule has 0 aromatic heterocycles. The molecule has 19 heavy (non-hydrogen) atoms. The summed E-state index contributed by atoms with van der Waals surface area (Å²) in [6, 6.07) is 3.94. The SMILES string of the molecule is CCOc1ccc(S(=O)(=O)N(C)CC(=O)[O-])cc1Cl. The summed E-state index contributed by atoms with van der Waals surface area (Å²) in [4.78, 5) is 10.3. The van der Waals surface area contributed by atoms with Gasteiger partial charge < -0.3 is 14.6 Å². The summed E-state index contributed by atoms with van der Waals surface area (Å²) in [5, 5.41) is 10.6. The number of carboxylic acids is 1. The van der Waals surface area contributed by atoms with Gasteiger partial charge >= 0.3 is 0 Å². The molecule has 6 nitrogen and oxygen atoms in total. The van der Waals surface area contributed by atoms with Crippen molar-refractivity contribution in [3.63, 3.8) is 0 Å². The summed E-state index contributed by atoms with van der Waals surface area (Å²) in [6.07, 6.45) is 0. The second-order valence-electron chi connectivity index (χ2n) is 3.66. The number of hydrogen-bond donors (Lipinski definition) is 0. The lowest BCUT2D eigenvalue weighted by Gasteiger charge is -2.18. The number of sulfonamides is 1. The Labute approximate surface area is 116 Å². The van der Waals surface area contributed by atoms with Gasteiger partial charge in [-0.2, -0.15) is 4.31 Å². The molecular weight excluding hydrogens is 294 g/mol. The second kappa shape index (κ2) is 6.23. The Morgan fingerprint density at radius 3 is 2.58 bits per heavy atom. The Kier molecular flexibility index (Phi) is 5.16. The maximum absolute atomic E-state index is 12.0. The van der Waals surface area contributed by atoms with Crippen molar-refractivity contribution in [2.75, 3.05) is 20.2 Å². The van der Waals surface area contributed by atoms with Crippen molar-refractivity contribution in [1.29, 1.82) is 0 Å². The summed E-state index contributed by atoms with van der Waals surface area (Å²) in [5.41, 5.74) is 0. The van der Waals surface area contributed by atoms with Crippen molar-refractivity contribution in [2.24, 2.45) is 0 Å². The zero-order chi connectivity index (χ0) is 14.6. The summed E-state index contributed by atoms with van der Waals surface area (Å²) < 4.78 is 29.9. The van der Waals surface area contributed by atoms with Crippen LogP contribution in [0.25, 0.3) is 0 Å². The van der Waals surface area contributed by atoms with Gasteiger partial charge in [-0.25, -0.2) is 8.42 Å². The van der Waals surface area contributed by atoms with Gasteiger partial charge in [0.25, 0.3) is 0 Å². The van der Waals surface area contributed by atoms with Gasteiger partial charge in [-0.3, -0.25) is 0 Å². The van der Waals surface area contributed by atoms with Gasteiger partial charge in [-0.05, 0) is 25.1 Å². The van der Waals surface area contributed by atoms with Crippen LogP contribution in [0.4, 0.5) is 0 Å². The lowest BCUT2D eigenvalue weighted by Crippen LogP contribution is -2.39. The van der Waals surface area contributed by atoms with Gasteiger partial charge in [0.15, 0.2) is 0 Å². The van der Waals surface area contributed by atoms with E-state index in [1.165, 1.54) is 18.2 Å². The number of likely N-dealkylation sites (N-methyl/N-ethyl adjacent to an activating group) is 1. The van der Waals surface area contributed by atoms with Crippen LogP contribution >= 0.6 is 11.6 Å². The summed E-state index contributed by atoms with van der Waals surface area (Å²) in [5.74, 6) is -1.12. The molecule has 0 spiro atoms. The first kappa shape index (κ1) is 15.7. The van der Waals surface area contributed by atoms with Crippen molar-refractivity contribution >= 4 is 27.6 Å². The van der Waals surface area contributed by atoms with E-state index in [4.69, 9.17) is 16.3 Å². The maximum Gasteiger partial charge on any atom is 0.243 e. The molecule has 0 atom stereocenters. The predicted octanol–water partition coefficient (Wildman–Crippen LogP) is 0.109. The van der Waals surface area contributed by atoms with Crippen LogP contribution in [0.2, 0.25) is 5.02 Å². The Balaban J connectivity index is 3.09. The van der Waals surface area contributed by atoms with Crippen LogP contribution in [0.5, 0.6) is 5.75 Å². The molecule has 0 N–H and O–H groups in total. The van der Waals surface area contributed by atoms with E-state index in [0.29, 0.717) is 16.7 Å². The number of carbonyl (C=O) groups excluding carboxylic acids is 1. The zero-order valence-corrected chi connectivity index (χ0v) is 12.0. The molecule has 0 heterocycles. The highest BCUT2D eigenvalue weighted by atomic mass is 35.5. The molecule has 0 aliphatic carbocycles. The third-order valence-electron chi connectivity index (χ3n) is 2.26.